The summed E-state index contributed by atoms with van der Waals surface area (Å²) in [6.45, 7) is 32.4. The van der Waals surface area contributed by atoms with Gasteiger partial charge in [-0.15, -0.1) is 22.7 Å². The van der Waals surface area contributed by atoms with Crippen molar-refractivity contribution >= 4 is 187 Å². The maximum absolute atomic E-state index is 7.65. The topological polar surface area (TPSA) is 42.6 Å². The van der Waals surface area contributed by atoms with Crippen LogP contribution in [0.15, 0.2) is 227 Å². The summed E-state index contributed by atoms with van der Waals surface area (Å²) in [7, 11) is 0. The van der Waals surface area contributed by atoms with Gasteiger partial charge in [-0.25, -0.2) is 0 Å². The molecule has 0 atom stereocenters. The van der Waals surface area contributed by atoms with Gasteiger partial charge in [0.25, 0.3) is 0 Å². The van der Waals surface area contributed by atoms with Gasteiger partial charge in [-0.05, 0) is 192 Å². The second kappa shape index (κ2) is 21.0. The number of benzene rings is 12. The Morgan fingerprint density at radius 1 is 0.349 bits per heavy atom. The van der Waals surface area contributed by atoms with E-state index in [-0.39, 0.29) is 40.8 Å². The molecule has 0 saturated carbocycles. The van der Waals surface area contributed by atoms with Crippen molar-refractivity contribution in [3.05, 3.63) is 252 Å². The van der Waals surface area contributed by atoms with Crippen LogP contribution in [-0.4, -0.2) is 22.8 Å². The Morgan fingerprint density at radius 2 is 0.821 bits per heavy atom. The average Bonchev–Trinajstić information content (AvgIpc) is 1.51. The number of thiophene rings is 2. The van der Waals surface area contributed by atoms with Crippen LogP contribution in [0.2, 0.25) is 0 Å². The first-order valence-electron chi connectivity index (χ1n) is 37.9. The zero-order valence-corrected chi connectivity index (χ0v) is 64.2. The molecule has 0 aliphatic carbocycles. The number of rotatable bonds is 5. The molecule has 106 heavy (non-hydrogen) atoms. The Hall–Kier alpha value is -10.5. The quantitative estimate of drug-likeness (QED) is 0.161. The first kappa shape index (κ1) is 62.8. The van der Waals surface area contributed by atoms with Crippen LogP contribution in [0.4, 0.5) is 22.7 Å². The summed E-state index contributed by atoms with van der Waals surface area (Å²) in [5.74, 6) is 0. The largest absolute Gasteiger partial charge is 0.466 e. The zero-order valence-electron chi connectivity index (χ0n) is 62.6. The molecule has 10 heteroatoms. The first-order valence-corrected chi connectivity index (χ1v) is 39.5. The molecule has 0 radical (unpaired) electrons. The van der Waals surface area contributed by atoms with E-state index in [2.05, 4.69) is 334 Å². The van der Waals surface area contributed by atoms with Crippen LogP contribution in [0.5, 0.6) is 0 Å². The van der Waals surface area contributed by atoms with Gasteiger partial charge in [0.2, 0.25) is 0 Å². The number of nitrogens with zero attached hydrogens (tertiary/aromatic N) is 4. The van der Waals surface area contributed by atoms with Crippen LogP contribution in [0, 0.1) is 0 Å². The lowest BCUT2D eigenvalue weighted by Gasteiger charge is -2.41. The Morgan fingerprint density at radius 3 is 1.45 bits per heavy atom. The maximum Gasteiger partial charge on any atom is 0.375 e. The predicted octanol–water partition coefficient (Wildman–Crippen LogP) is 24.3. The molecular formula is C96H80B2N4O2S2. The van der Waals surface area contributed by atoms with Crippen LogP contribution in [0.3, 0.4) is 0 Å². The van der Waals surface area contributed by atoms with Crippen LogP contribution in [0.1, 0.15) is 130 Å². The van der Waals surface area contributed by atoms with E-state index >= 15 is 0 Å². The fourth-order valence-electron chi connectivity index (χ4n) is 19.3. The standard InChI is InChI=1S/C96H80B2N4O2S2/c1-92(2,3)53-33-39-59(40-34-53)102-71-42-35-54(93(4,5)6)47-64(71)77-78-62-28-20-23-31-74(62)105-88(78)81-63-50-57(36-41-69(63)100-85-66-49-56(95(10,11)12)38-44-73(66)104-91(85)98(102)83(77)87(81)100)96(13,14)51-52-32-45-75-67(46-52)79-76-61-27-19-22-30-70(61)101(58-24-16-15-17-25-58)97-82(76)86-80(89(79)106-75)60-26-18-21-29-68(60)99(86)84-65-48-55(94(7,8)9)37-43-72(65)103-90(84)97/h15-50H,51H2,1-14H3. The Balaban J connectivity index is 0.784. The smallest absolute Gasteiger partial charge is 0.375 e. The third kappa shape index (κ3) is 8.40. The summed E-state index contributed by atoms with van der Waals surface area (Å²) >= 11 is 3.93. The van der Waals surface area contributed by atoms with Crippen molar-refractivity contribution in [2.24, 2.45) is 0 Å². The molecule has 22 rings (SSSR count). The highest BCUT2D eigenvalue weighted by Gasteiger charge is 2.51. The van der Waals surface area contributed by atoms with E-state index in [1.165, 1.54) is 162 Å². The number of hydrogen-bond donors (Lipinski definition) is 0. The molecule has 12 aromatic carbocycles. The predicted molar refractivity (Wildman–Crippen MR) is 456 cm³/mol. The summed E-state index contributed by atoms with van der Waals surface area (Å²) in [6, 6.07) is 84.3. The minimum atomic E-state index is -0.314. The van der Waals surface area contributed by atoms with Crippen molar-refractivity contribution < 1.29 is 8.83 Å². The lowest BCUT2D eigenvalue weighted by molar-refractivity contribution is 0.523. The molecule has 0 unspecified atom stereocenters. The molecule has 6 nitrogen and oxygen atoms in total. The number of furan rings is 2. The Kier molecular flexibility index (Phi) is 12.4. The van der Waals surface area contributed by atoms with Gasteiger partial charge in [0.05, 0.1) is 33.4 Å². The molecule has 0 amide bonds. The summed E-state index contributed by atoms with van der Waals surface area (Å²) in [4.78, 5) is 5.23. The van der Waals surface area contributed by atoms with Gasteiger partial charge in [0.15, 0.2) is 0 Å². The van der Waals surface area contributed by atoms with E-state index in [4.69, 9.17) is 8.83 Å². The molecule has 4 aliphatic rings. The second-order valence-electron chi connectivity index (χ2n) is 35.7. The molecule has 0 N–H and O–H groups in total. The minimum absolute atomic E-state index is 0.0134. The summed E-state index contributed by atoms with van der Waals surface area (Å²) in [6.07, 6.45) is 0.825. The van der Waals surface area contributed by atoms with E-state index < -0.39 is 0 Å². The molecule has 0 bridgehead atoms. The van der Waals surface area contributed by atoms with Gasteiger partial charge < -0.3 is 27.6 Å². The molecule has 6 aromatic heterocycles. The van der Waals surface area contributed by atoms with Crippen molar-refractivity contribution in [2.45, 2.75) is 130 Å². The van der Waals surface area contributed by atoms with E-state index in [1.54, 1.807) is 0 Å². The number of anilines is 4. The van der Waals surface area contributed by atoms with Crippen molar-refractivity contribution in [2.75, 3.05) is 9.62 Å². The van der Waals surface area contributed by atoms with E-state index in [9.17, 15) is 0 Å². The van der Waals surface area contributed by atoms with Crippen LogP contribution in [0.25, 0.3) is 140 Å². The van der Waals surface area contributed by atoms with Crippen LogP contribution >= 0.6 is 22.7 Å². The summed E-state index contributed by atoms with van der Waals surface area (Å²) in [5.41, 5.74) is 30.7. The summed E-state index contributed by atoms with van der Waals surface area (Å²) < 4.78 is 25.7. The van der Waals surface area contributed by atoms with Gasteiger partial charge in [0.1, 0.15) is 22.5 Å². The molecular weight excluding hydrogens is 1330 g/mol. The molecule has 0 saturated heterocycles. The Bertz CT molecular complexity index is 6960. The van der Waals surface area contributed by atoms with Gasteiger partial charge in [-0.2, -0.15) is 0 Å². The van der Waals surface area contributed by atoms with Crippen LogP contribution < -0.4 is 31.9 Å². The van der Waals surface area contributed by atoms with E-state index in [1.807, 2.05) is 22.7 Å². The van der Waals surface area contributed by atoms with Gasteiger partial charge in [-0.1, -0.05) is 212 Å². The van der Waals surface area contributed by atoms with Crippen molar-refractivity contribution in [3.8, 4) is 33.6 Å². The molecule has 18 aromatic rings. The zero-order chi connectivity index (χ0) is 72.0. The monoisotopic (exact) mass is 1410 g/mol. The first-order chi connectivity index (χ1) is 50.9. The highest BCUT2D eigenvalue weighted by Crippen LogP contribution is 2.57. The minimum Gasteiger partial charge on any atom is -0.466 e. The molecule has 0 spiro atoms. The van der Waals surface area contributed by atoms with Crippen molar-refractivity contribution in [1.82, 2.24) is 9.13 Å². The molecule has 4 aliphatic heterocycles. The fraction of sp³-hybridized carbons (Fsp3) is 0.208. The van der Waals surface area contributed by atoms with Gasteiger partial charge >= 0.3 is 13.7 Å². The van der Waals surface area contributed by atoms with Crippen molar-refractivity contribution in [3.63, 3.8) is 0 Å². The van der Waals surface area contributed by atoms with E-state index in [0.29, 0.717) is 0 Å². The lowest BCUT2D eigenvalue weighted by Crippen LogP contribution is -2.60. The third-order valence-electron chi connectivity index (χ3n) is 24.6. The molecule has 10 heterocycles. The third-order valence-corrected chi connectivity index (χ3v) is 27.0. The average molecular weight is 1410 g/mol. The molecule has 0 fully saturated rings. The SMILES string of the molecule is CC(C)(C)c1ccc(N2B3c4oc5ccc(C(C)(C)C)cc5c4-n4c5ccc(C(C)(C)Cc6ccc7sc8c(c9c%10c%11c8c8ccccc8n%11-c8c(oc%11ccc(C(C)(C)C)cc8%11)B%10N(c8ccccc8)c8ccccc8-9)c7c6)cc5c5c6sc7ccccc7c6c(c3c54)-c3cc(C(C)(C)C)ccc32)cc1. The summed E-state index contributed by atoms with van der Waals surface area (Å²) in [5, 5.41) is 12.8. The van der Waals surface area contributed by atoms with Gasteiger partial charge in [0, 0.05) is 107 Å². The maximum atomic E-state index is 7.65. The number of fused-ring (bicyclic) bond motifs is 30. The highest BCUT2D eigenvalue weighted by atomic mass is 32.1. The normalized spacial score (nSPS) is 14.3. The van der Waals surface area contributed by atoms with Crippen molar-refractivity contribution in [1.29, 1.82) is 0 Å². The van der Waals surface area contributed by atoms with Gasteiger partial charge in [-0.3, -0.25) is 0 Å². The Labute approximate surface area is 626 Å². The lowest BCUT2D eigenvalue weighted by atomic mass is 9.46. The fourth-order valence-corrected chi connectivity index (χ4v) is 21.9. The number of aromatic nitrogens is 2. The second-order valence-corrected chi connectivity index (χ2v) is 37.8. The van der Waals surface area contributed by atoms with E-state index in [0.717, 1.165) is 62.4 Å². The van der Waals surface area contributed by atoms with Crippen LogP contribution in [-0.2, 0) is 33.5 Å². The number of para-hydroxylation sites is 3. The highest BCUT2D eigenvalue weighted by molar-refractivity contribution is 7.27. The number of hydrogen-bond acceptors (Lipinski definition) is 6. The molecule has 514 valence electrons.